The zero-order valence-electron chi connectivity index (χ0n) is 14.2. The molecule has 1 aromatic rings. The minimum atomic E-state index is -0.566. The van der Waals surface area contributed by atoms with Gasteiger partial charge in [-0.2, -0.15) is 0 Å². The fourth-order valence-corrected chi connectivity index (χ4v) is 3.61. The lowest BCUT2D eigenvalue weighted by Crippen LogP contribution is -2.36. The number of benzene rings is 1. The van der Waals surface area contributed by atoms with Gasteiger partial charge in [-0.05, 0) is 37.5 Å². The van der Waals surface area contributed by atoms with Crippen molar-refractivity contribution in [3.63, 3.8) is 0 Å². The molecule has 126 valence electrons. The quantitative estimate of drug-likeness (QED) is 0.800. The summed E-state index contributed by atoms with van der Waals surface area (Å²) in [4.78, 5) is 29.6. The van der Waals surface area contributed by atoms with Gasteiger partial charge in [-0.15, -0.1) is 0 Å². The van der Waals surface area contributed by atoms with E-state index in [1.807, 2.05) is 31.2 Å². The molecule has 3 rings (SSSR count). The Morgan fingerprint density at radius 3 is 2.50 bits per heavy atom. The summed E-state index contributed by atoms with van der Waals surface area (Å²) in [6.45, 7) is 1.83. The van der Waals surface area contributed by atoms with Crippen LogP contribution in [0.25, 0.3) is 0 Å². The first kappa shape index (κ1) is 16.4. The van der Waals surface area contributed by atoms with Gasteiger partial charge in [0.25, 0.3) is 0 Å². The van der Waals surface area contributed by atoms with Crippen LogP contribution < -0.4 is 4.74 Å². The molecule has 1 heterocycles. The van der Waals surface area contributed by atoms with Gasteiger partial charge in [0.15, 0.2) is 5.78 Å². The predicted octanol–water partition coefficient (Wildman–Crippen LogP) is 3.05. The molecule has 1 aromatic carbocycles. The first-order valence-electron chi connectivity index (χ1n) is 8.10. The molecule has 2 atom stereocenters. The molecule has 1 aliphatic heterocycles. The SMILES string of the molecule is COC(=O)C1C(C)=NC2=C(C(=O)CCC2)[C@H]1c1ccc(OC)cc1. The zero-order chi connectivity index (χ0) is 17.3. The number of allylic oxidation sites excluding steroid dienone is 2. The zero-order valence-corrected chi connectivity index (χ0v) is 14.2. The van der Waals surface area contributed by atoms with Crippen LogP contribution in [0.3, 0.4) is 0 Å². The third-order valence-electron chi connectivity index (χ3n) is 4.76. The number of esters is 1. The first-order valence-corrected chi connectivity index (χ1v) is 8.10. The molecule has 0 amide bonds. The standard InChI is InChI=1S/C19H21NO4/c1-11-16(19(22)24-3)17(12-7-9-13(23-2)10-8-12)18-14(20-11)5-4-6-15(18)21/h7-10,16-17H,4-6H2,1-3H3/t16?,17-/m0/s1. The highest BCUT2D eigenvalue weighted by Gasteiger charge is 2.42. The van der Waals surface area contributed by atoms with Gasteiger partial charge in [-0.25, -0.2) is 0 Å². The van der Waals surface area contributed by atoms with Crippen LogP contribution in [-0.4, -0.2) is 31.7 Å². The van der Waals surface area contributed by atoms with E-state index in [4.69, 9.17) is 9.47 Å². The molecule has 5 heteroatoms. The number of methoxy groups -OCH3 is 2. The third kappa shape index (κ3) is 2.75. The number of nitrogens with zero attached hydrogens (tertiary/aromatic N) is 1. The number of aliphatic imine (C=N–C) groups is 1. The van der Waals surface area contributed by atoms with Crippen molar-refractivity contribution >= 4 is 17.5 Å². The van der Waals surface area contributed by atoms with Gasteiger partial charge in [0.1, 0.15) is 11.7 Å². The van der Waals surface area contributed by atoms with E-state index in [9.17, 15) is 9.59 Å². The average molecular weight is 327 g/mol. The maximum Gasteiger partial charge on any atom is 0.315 e. The van der Waals surface area contributed by atoms with Crippen LogP contribution in [0.5, 0.6) is 5.75 Å². The van der Waals surface area contributed by atoms with Crippen molar-refractivity contribution in [2.45, 2.75) is 32.1 Å². The molecular weight excluding hydrogens is 306 g/mol. The van der Waals surface area contributed by atoms with E-state index in [0.29, 0.717) is 17.7 Å². The Hall–Kier alpha value is -2.43. The van der Waals surface area contributed by atoms with Gasteiger partial charge in [0.05, 0.1) is 14.2 Å². The lowest BCUT2D eigenvalue weighted by molar-refractivity contribution is -0.143. The van der Waals surface area contributed by atoms with Crippen molar-refractivity contribution in [2.24, 2.45) is 10.9 Å². The van der Waals surface area contributed by atoms with E-state index in [-0.39, 0.29) is 17.7 Å². The van der Waals surface area contributed by atoms with Crippen molar-refractivity contribution in [1.82, 2.24) is 0 Å². The van der Waals surface area contributed by atoms with Crippen molar-refractivity contribution < 1.29 is 19.1 Å². The second-order valence-corrected chi connectivity index (χ2v) is 6.14. The highest BCUT2D eigenvalue weighted by atomic mass is 16.5. The molecule has 0 fully saturated rings. The molecule has 1 unspecified atom stereocenters. The van der Waals surface area contributed by atoms with Gasteiger partial charge in [0, 0.05) is 29.3 Å². The fraction of sp³-hybridized carbons (Fsp3) is 0.421. The maximum absolute atomic E-state index is 12.6. The van der Waals surface area contributed by atoms with Crippen LogP contribution in [0.1, 0.15) is 37.7 Å². The minimum absolute atomic E-state index is 0.0854. The molecule has 1 aliphatic carbocycles. The van der Waals surface area contributed by atoms with E-state index < -0.39 is 5.92 Å². The van der Waals surface area contributed by atoms with Gasteiger partial charge >= 0.3 is 5.97 Å². The lowest BCUT2D eigenvalue weighted by atomic mass is 9.72. The summed E-state index contributed by atoms with van der Waals surface area (Å²) in [5.74, 6) is -0.448. The van der Waals surface area contributed by atoms with E-state index in [1.54, 1.807) is 7.11 Å². The van der Waals surface area contributed by atoms with E-state index in [2.05, 4.69) is 4.99 Å². The van der Waals surface area contributed by atoms with Crippen LogP contribution in [0, 0.1) is 5.92 Å². The van der Waals surface area contributed by atoms with E-state index in [1.165, 1.54) is 7.11 Å². The number of Topliss-reactive ketones (excluding diaryl/α,β-unsaturated/α-hetero) is 1. The largest absolute Gasteiger partial charge is 0.497 e. The molecule has 0 saturated carbocycles. The number of rotatable bonds is 3. The average Bonchev–Trinajstić information content (AvgIpc) is 2.60. The summed E-state index contributed by atoms with van der Waals surface area (Å²) in [6.07, 6.45) is 2.10. The van der Waals surface area contributed by atoms with Gasteiger partial charge in [-0.1, -0.05) is 12.1 Å². The van der Waals surface area contributed by atoms with E-state index >= 15 is 0 Å². The summed E-state index contributed by atoms with van der Waals surface area (Å²) >= 11 is 0. The molecule has 5 nitrogen and oxygen atoms in total. The molecule has 2 aliphatic rings. The molecule has 0 N–H and O–H groups in total. The Balaban J connectivity index is 2.14. The minimum Gasteiger partial charge on any atom is -0.497 e. The highest BCUT2D eigenvalue weighted by Crippen LogP contribution is 2.43. The lowest BCUT2D eigenvalue weighted by Gasteiger charge is -2.34. The van der Waals surface area contributed by atoms with Gasteiger partial charge < -0.3 is 9.47 Å². The Labute approximate surface area is 141 Å². The summed E-state index contributed by atoms with van der Waals surface area (Å²) < 4.78 is 10.2. The van der Waals surface area contributed by atoms with Crippen LogP contribution >= 0.6 is 0 Å². The third-order valence-corrected chi connectivity index (χ3v) is 4.76. The van der Waals surface area contributed by atoms with Gasteiger partial charge in [0.2, 0.25) is 0 Å². The maximum atomic E-state index is 12.6. The fourth-order valence-electron chi connectivity index (χ4n) is 3.61. The Morgan fingerprint density at radius 2 is 1.88 bits per heavy atom. The van der Waals surface area contributed by atoms with Crippen LogP contribution in [0.15, 0.2) is 40.5 Å². The second-order valence-electron chi connectivity index (χ2n) is 6.14. The number of hydrogen-bond acceptors (Lipinski definition) is 5. The number of ether oxygens (including phenoxy) is 2. The normalized spacial score (nSPS) is 23.5. The van der Waals surface area contributed by atoms with E-state index in [0.717, 1.165) is 29.9 Å². The monoisotopic (exact) mass is 327 g/mol. The van der Waals surface area contributed by atoms with Crippen LogP contribution in [0.2, 0.25) is 0 Å². The number of carbonyl (C=O) groups is 2. The first-order chi connectivity index (χ1) is 11.6. The number of carbonyl (C=O) groups excluding carboxylic acids is 2. The van der Waals surface area contributed by atoms with Crippen LogP contribution in [0.4, 0.5) is 0 Å². The number of ketones is 1. The molecule has 0 aromatic heterocycles. The smallest absolute Gasteiger partial charge is 0.315 e. The predicted molar refractivity (Wildman–Crippen MR) is 90.2 cm³/mol. The second kappa shape index (κ2) is 6.59. The van der Waals surface area contributed by atoms with Crippen molar-refractivity contribution in [3.05, 3.63) is 41.1 Å². The van der Waals surface area contributed by atoms with Crippen molar-refractivity contribution in [2.75, 3.05) is 14.2 Å². The molecule has 0 spiro atoms. The molecule has 0 bridgehead atoms. The molecule has 24 heavy (non-hydrogen) atoms. The summed E-state index contributed by atoms with van der Waals surface area (Å²) in [7, 11) is 2.97. The molecular formula is C19H21NO4. The van der Waals surface area contributed by atoms with Crippen molar-refractivity contribution in [1.29, 1.82) is 0 Å². The van der Waals surface area contributed by atoms with Crippen molar-refractivity contribution in [3.8, 4) is 5.75 Å². The number of hydrogen-bond donors (Lipinski definition) is 0. The molecule has 0 radical (unpaired) electrons. The Morgan fingerprint density at radius 1 is 1.17 bits per heavy atom. The summed E-state index contributed by atoms with van der Waals surface area (Å²) in [6, 6.07) is 7.51. The Bertz CT molecular complexity index is 730. The highest BCUT2D eigenvalue weighted by molar-refractivity contribution is 6.08. The van der Waals surface area contributed by atoms with Crippen LogP contribution in [-0.2, 0) is 14.3 Å². The summed E-state index contributed by atoms with van der Waals surface area (Å²) in [5, 5.41) is 0. The summed E-state index contributed by atoms with van der Waals surface area (Å²) in [5.41, 5.74) is 3.11. The molecule has 0 saturated heterocycles. The Kier molecular flexibility index (Phi) is 4.51. The van der Waals surface area contributed by atoms with Gasteiger partial charge in [-0.3, -0.25) is 14.6 Å². The topological polar surface area (TPSA) is 65.0 Å².